The van der Waals surface area contributed by atoms with Gasteiger partial charge in [-0.2, -0.15) is 0 Å². The van der Waals surface area contributed by atoms with Gasteiger partial charge in [0.05, 0.1) is 34.4 Å². The van der Waals surface area contributed by atoms with Gasteiger partial charge < -0.3 is 24.2 Å². The molecule has 7 nitrogen and oxygen atoms in total. The fourth-order valence-electron chi connectivity index (χ4n) is 4.61. The second kappa shape index (κ2) is 25.5. The number of hydrogen-bond acceptors (Lipinski definition) is 5. The molecule has 2 N–H and O–H groups in total. The highest BCUT2D eigenvalue weighted by Gasteiger charge is 2.30. The first-order valence-electron chi connectivity index (χ1n) is 15.8. The normalized spacial score (nSPS) is 13.6. The monoisotopic (exact) mass is 556 g/mol. The first-order valence-corrected chi connectivity index (χ1v) is 15.8. The molecule has 0 saturated heterocycles. The largest absolute Gasteiger partial charge is 0.477 e. The number of esters is 1. The Morgan fingerprint density at radius 3 is 1.72 bits per heavy atom. The molecule has 0 aliphatic heterocycles. The molecule has 0 bridgehead atoms. The molecule has 0 rings (SSSR count). The van der Waals surface area contributed by atoms with E-state index in [1.165, 1.54) is 89.9 Å². The molecule has 0 saturated carbocycles. The minimum absolute atomic E-state index is 0.0197. The van der Waals surface area contributed by atoms with Gasteiger partial charge in [-0.1, -0.05) is 96.1 Å². The number of carbonyl (C=O) groups excluding carboxylic acids is 1. The van der Waals surface area contributed by atoms with Gasteiger partial charge in [-0.15, -0.1) is 0 Å². The van der Waals surface area contributed by atoms with Crippen molar-refractivity contribution in [2.45, 2.75) is 141 Å². The maximum absolute atomic E-state index is 11.9. The highest BCUT2D eigenvalue weighted by Crippen LogP contribution is 2.12. The summed E-state index contributed by atoms with van der Waals surface area (Å²) in [6.07, 6.45) is 26.0. The predicted molar refractivity (Wildman–Crippen MR) is 160 cm³/mol. The Balaban J connectivity index is 3.49. The van der Waals surface area contributed by atoms with Crippen molar-refractivity contribution in [3.8, 4) is 0 Å². The number of nitrogens with zero attached hydrogens (tertiary/aromatic N) is 1. The summed E-state index contributed by atoms with van der Waals surface area (Å²) in [5.74, 6) is -1.16. The number of aliphatic hydroxyl groups is 1. The third-order valence-electron chi connectivity index (χ3n) is 7.15. The molecule has 230 valence electrons. The van der Waals surface area contributed by atoms with E-state index in [-0.39, 0.29) is 25.8 Å². The highest BCUT2D eigenvalue weighted by molar-refractivity contribution is 5.72. The molecule has 0 spiro atoms. The van der Waals surface area contributed by atoms with Crippen LogP contribution in [0.2, 0.25) is 0 Å². The summed E-state index contributed by atoms with van der Waals surface area (Å²) in [5, 5.41) is 19.2. The van der Waals surface area contributed by atoms with Crippen LogP contribution >= 0.6 is 0 Å². The lowest BCUT2D eigenvalue weighted by atomic mass is 10.1. The van der Waals surface area contributed by atoms with E-state index in [0.29, 0.717) is 17.3 Å². The van der Waals surface area contributed by atoms with E-state index >= 15 is 0 Å². The molecule has 2 atom stereocenters. The van der Waals surface area contributed by atoms with Gasteiger partial charge in [0.15, 0.2) is 6.04 Å². The Labute approximate surface area is 239 Å². The molecule has 0 radical (unpaired) electrons. The second-order valence-corrected chi connectivity index (χ2v) is 11.9. The fraction of sp³-hybridized carbons (Fsp3) is 0.875. The van der Waals surface area contributed by atoms with Gasteiger partial charge in [0.1, 0.15) is 12.7 Å². The van der Waals surface area contributed by atoms with E-state index in [0.717, 1.165) is 19.3 Å². The molecular weight excluding hydrogens is 494 g/mol. The Bertz CT molecular complexity index is 616. The molecule has 0 aromatic rings. The molecule has 0 aliphatic carbocycles. The van der Waals surface area contributed by atoms with Gasteiger partial charge in [0.25, 0.3) is 0 Å². The zero-order valence-electron chi connectivity index (χ0n) is 25.8. The van der Waals surface area contributed by atoms with Crippen molar-refractivity contribution < 1.29 is 33.8 Å². The average molecular weight is 557 g/mol. The lowest BCUT2D eigenvalue weighted by Gasteiger charge is -2.31. The number of hydrogen-bond donors (Lipinski definition) is 2. The zero-order chi connectivity index (χ0) is 29.2. The van der Waals surface area contributed by atoms with Gasteiger partial charge in [-0.25, -0.2) is 4.79 Å². The quantitative estimate of drug-likeness (QED) is 0.0464. The van der Waals surface area contributed by atoms with Gasteiger partial charge in [-0.05, 0) is 32.1 Å². The lowest BCUT2D eigenvalue weighted by molar-refractivity contribution is -0.887. The number of carboxylic acids is 1. The standard InChI is InChI=1S/C32H61NO6/c1-5-6-7-8-9-10-11-12-13-14-15-16-17-18-19-20-21-22-23-24-31(35)39-28-29(34)27-38-26-25-30(32(36)37)33(2,3)4/h14-15,29-30,34H,5-13,16-28H2,1-4H3/p+1/b15-14+. The lowest BCUT2D eigenvalue weighted by Crippen LogP contribution is -2.50. The Hall–Kier alpha value is -1.44. The highest BCUT2D eigenvalue weighted by atomic mass is 16.5. The summed E-state index contributed by atoms with van der Waals surface area (Å²) in [6.45, 7) is 2.42. The van der Waals surface area contributed by atoms with Crippen LogP contribution in [0.4, 0.5) is 0 Å². The summed E-state index contributed by atoms with van der Waals surface area (Å²) in [4.78, 5) is 23.2. The second-order valence-electron chi connectivity index (χ2n) is 11.9. The number of carboxylic acid groups (broad SMARTS) is 1. The SMILES string of the molecule is CCCCCCCCCC/C=C/CCCCCCCCCC(=O)OCC(O)COCCC(C(=O)O)[N+](C)(C)C. The fourth-order valence-corrected chi connectivity index (χ4v) is 4.61. The maximum atomic E-state index is 11.9. The molecule has 39 heavy (non-hydrogen) atoms. The molecule has 0 heterocycles. The zero-order valence-corrected chi connectivity index (χ0v) is 25.8. The number of aliphatic hydroxyl groups excluding tert-OH is 1. The van der Waals surface area contributed by atoms with Crippen molar-refractivity contribution in [3.05, 3.63) is 12.2 Å². The molecule has 7 heteroatoms. The molecule has 2 unspecified atom stereocenters. The van der Waals surface area contributed by atoms with Gasteiger partial charge in [0.2, 0.25) is 0 Å². The molecule has 0 aromatic carbocycles. The first-order chi connectivity index (χ1) is 18.7. The van der Waals surface area contributed by atoms with Crippen LogP contribution < -0.4 is 0 Å². The van der Waals surface area contributed by atoms with Crippen LogP contribution in [-0.2, 0) is 19.1 Å². The van der Waals surface area contributed by atoms with Gasteiger partial charge in [-0.3, -0.25) is 4.79 Å². The number of likely N-dealkylation sites (N-methyl/N-ethyl adjacent to an activating group) is 1. The van der Waals surface area contributed by atoms with Crippen molar-refractivity contribution in [2.75, 3.05) is 41.0 Å². The summed E-state index contributed by atoms with van der Waals surface area (Å²) >= 11 is 0. The molecule has 0 fully saturated rings. The summed E-state index contributed by atoms with van der Waals surface area (Å²) in [6, 6.07) is -0.573. The minimum Gasteiger partial charge on any atom is -0.477 e. The van der Waals surface area contributed by atoms with Crippen LogP contribution in [0.25, 0.3) is 0 Å². The van der Waals surface area contributed by atoms with Crippen LogP contribution in [0.3, 0.4) is 0 Å². The van der Waals surface area contributed by atoms with Crippen LogP contribution in [0.5, 0.6) is 0 Å². The maximum Gasteiger partial charge on any atom is 0.362 e. The number of aliphatic carboxylic acids is 1. The number of rotatable bonds is 28. The predicted octanol–water partition coefficient (Wildman–Crippen LogP) is 7.05. The number of unbranched alkanes of at least 4 members (excludes halogenated alkanes) is 15. The van der Waals surface area contributed by atoms with Crippen molar-refractivity contribution in [1.29, 1.82) is 0 Å². The van der Waals surface area contributed by atoms with Crippen LogP contribution in [0.15, 0.2) is 12.2 Å². The third kappa shape index (κ3) is 25.3. The van der Waals surface area contributed by atoms with E-state index in [1.54, 1.807) is 0 Å². The van der Waals surface area contributed by atoms with E-state index in [4.69, 9.17) is 9.47 Å². The Kier molecular flexibility index (Phi) is 24.6. The average Bonchev–Trinajstić information content (AvgIpc) is 2.87. The van der Waals surface area contributed by atoms with Crippen LogP contribution in [0.1, 0.15) is 129 Å². The van der Waals surface area contributed by atoms with Crippen LogP contribution in [0, 0.1) is 0 Å². The Morgan fingerprint density at radius 1 is 0.744 bits per heavy atom. The van der Waals surface area contributed by atoms with E-state index in [2.05, 4.69) is 19.1 Å². The number of quaternary nitrogens is 1. The van der Waals surface area contributed by atoms with E-state index < -0.39 is 18.1 Å². The Morgan fingerprint density at radius 2 is 1.23 bits per heavy atom. The third-order valence-corrected chi connectivity index (χ3v) is 7.15. The minimum atomic E-state index is -0.902. The number of allylic oxidation sites excluding steroid dienone is 2. The summed E-state index contributed by atoms with van der Waals surface area (Å²) in [7, 11) is 5.48. The summed E-state index contributed by atoms with van der Waals surface area (Å²) < 4.78 is 10.8. The first kappa shape index (κ1) is 37.6. The smallest absolute Gasteiger partial charge is 0.362 e. The molecule has 0 aliphatic rings. The van der Waals surface area contributed by atoms with Crippen molar-refractivity contribution >= 4 is 11.9 Å². The number of ether oxygens (including phenoxy) is 2. The van der Waals surface area contributed by atoms with Crippen molar-refractivity contribution in [3.63, 3.8) is 0 Å². The molecule has 0 aromatic heterocycles. The van der Waals surface area contributed by atoms with Gasteiger partial charge >= 0.3 is 11.9 Å². The molecular formula is C32H62NO6+. The molecule has 0 amide bonds. The van der Waals surface area contributed by atoms with Crippen molar-refractivity contribution in [1.82, 2.24) is 0 Å². The van der Waals surface area contributed by atoms with Gasteiger partial charge in [0, 0.05) is 12.8 Å². The van der Waals surface area contributed by atoms with E-state index in [9.17, 15) is 19.8 Å². The van der Waals surface area contributed by atoms with Crippen molar-refractivity contribution in [2.24, 2.45) is 0 Å². The topological polar surface area (TPSA) is 93.1 Å². The summed E-state index contributed by atoms with van der Waals surface area (Å²) in [5.41, 5.74) is 0. The van der Waals surface area contributed by atoms with Crippen LogP contribution in [-0.4, -0.2) is 79.7 Å². The number of carbonyl (C=O) groups is 2. The van der Waals surface area contributed by atoms with E-state index in [1.807, 2.05) is 21.1 Å².